The van der Waals surface area contributed by atoms with Crippen molar-refractivity contribution in [1.82, 2.24) is 24.4 Å². The zero-order valence-corrected chi connectivity index (χ0v) is 20.9. The van der Waals surface area contributed by atoms with Crippen LogP contribution in [0.3, 0.4) is 0 Å². The summed E-state index contributed by atoms with van der Waals surface area (Å²) in [6.07, 6.45) is -1.07. The summed E-state index contributed by atoms with van der Waals surface area (Å²) in [5.41, 5.74) is 0.961. The fraction of sp³-hybridized carbons (Fsp3) is 0.520. The van der Waals surface area contributed by atoms with Gasteiger partial charge < -0.3 is 24.6 Å². The SMILES string of the molecule is COC1CCN(C(=O)[C@H](C)Nc2nc(N3CCOCC3)cc(-n3c(C(F)F)nc4ccccc43)n2)CC1. The number of alkyl halides is 2. The van der Waals surface area contributed by atoms with E-state index in [1.165, 1.54) is 4.57 Å². The highest BCUT2D eigenvalue weighted by Crippen LogP contribution is 2.29. The number of para-hydroxylation sites is 2. The summed E-state index contributed by atoms with van der Waals surface area (Å²) in [6, 6.07) is 8.01. The molecule has 37 heavy (non-hydrogen) atoms. The van der Waals surface area contributed by atoms with Crippen LogP contribution in [0.5, 0.6) is 0 Å². The van der Waals surface area contributed by atoms with Crippen molar-refractivity contribution in [3.63, 3.8) is 0 Å². The van der Waals surface area contributed by atoms with E-state index in [-0.39, 0.29) is 23.8 Å². The van der Waals surface area contributed by atoms with Crippen molar-refractivity contribution in [2.75, 3.05) is 56.7 Å². The minimum Gasteiger partial charge on any atom is -0.381 e. The Bertz CT molecular complexity index is 1240. The number of benzene rings is 1. The predicted molar refractivity (Wildman–Crippen MR) is 134 cm³/mol. The minimum absolute atomic E-state index is 0.0715. The number of carbonyl (C=O) groups excluding carboxylic acids is 1. The number of ether oxygens (including phenoxy) is 2. The molecule has 5 rings (SSSR count). The molecule has 2 aliphatic heterocycles. The van der Waals surface area contributed by atoms with Gasteiger partial charge in [0.25, 0.3) is 6.43 Å². The van der Waals surface area contributed by atoms with Crippen LogP contribution < -0.4 is 10.2 Å². The number of aromatic nitrogens is 4. The first-order valence-electron chi connectivity index (χ1n) is 12.5. The molecule has 198 valence electrons. The van der Waals surface area contributed by atoms with E-state index in [9.17, 15) is 13.6 Å². The van der Waals surface area contributed by atoms with Crippen molar-refractivity contribution in [2.45, 2.75) is 38.3 Å². The predicted octanol–water partition coefficient (Wildman–Crippen LogP) is 3.03. The second kappa shape index (κ2) is 10.9. The molecule has 4 heterocycles. The van der Waals surface area contributed by atoms with Crippen LogP contribution in [0.25, 0.3) is 16.9 Å². The lowest BCUT2D eigenvalue weighted by molar-refractivity contribution is -0.134. The normalized spacial score (nSPS) is 18.0. The summed E-state index contributed by atoms with van der Waals surface area (Å²) >= 11 is 0. The molecule has 12 heteroatoms. The van der Waals surface area contributed by atoms with Gasteiger partial charge in [-0.3, -0.25) is 9.36 Å². The molecule has 1 N–H and O–H groups in total. The van der Waals surface area contributed by atoms with E-state index in [2.05, 4.69) is 20.3 Å². The Hall–Kier alpha value is -3.38. The van der Waals surface area contributed by atoms with E-state index in [1.54, 1.807) is 49.3 Å². The standard InChI is InChI=1S/C25H31F2N7O3/c1-16(24(35)33-9-7-17(36-2)8-10-33)28-25-30-20(32-11-13-37-14-12-32)15-21(31-25)34-19-6-4-3-5-18(19)29-23(34)22(26)27/h3-6,15-17,22H,7-14H2,1-2H3,(H,28,30,31)/t16-/m0/s1. The number of nitrogens with one attached hydrogen (secondary N) is 1. The third-order valence-electron chi connectivity index (χ3n) is 6.85. The van der Waals surface area contributed by atoms with Crippen molar-refractivity contribution in [1.29, 1.82) is 0 Å². The first kappa shape index (κ1) is 25.3. The van der Waals surface area contributed by atoms with Gasteiger partial charge in [-0.15, -0.1) is 0 Å². The molecule has 1 atom stereocenters. The number of hydrogen-bond acceptors (Lipinski definition) is 8. The number of likely N-dealkylation sites (tertiary alicyclic amines) is 1. The lowest BCUT2D eigenvalue weighted by Gasteiger charge is -2.33. The van der Waals surface area contributed by atoms with Crippen LogP contribution in [0.2, 0.25) is 0 Å². The van der Waals surface area contributed by atoms with Crippen LogP contribution in [0, 0.1) is 0 Å². The Morgan fingerprint density at radius 3 is 2.49 bits per heavy atom. The summed E-state index contributed by atoms with van der Waals surface area (Å²) in [5.74, 6) is 0.532. The number of carbonyl (C=O) groups is 1. The number of imidazole rings is 1. The van der Waals surface area contributed by atoms with Gasteiger partial charge in [-0.05, 0) is 31.9 Å². The number of morpholine rings is 1. The molecule has 2 aromatic heterocycles. The fourth-order valence-corrected chi connectivity index (χ4v) is 4.83. The summed E-state index contributed by atoms with van der Waals surface area (Å²) in [5, 5.41) is 3.12. The van der Waals surface area contributed by atoms with Gasteiger partial charge in [-0.25, -0.2) is 13.8 Å². The Morgan fingerprint density at radius 1 is 1.08 bits per heavy atom. The van der Waals surface area contributed by atoms with Gasteiger partial charge in [0.2, 0.25) is 11.9 Å². The van der Waals surface area contributed by atoms with E-state index in [0.29, 0.717) is 56.2 Å². The second-order valence-electron chi connectivity index (χ2n) is 9.23. The average Bonchev–Trinajstić information content (AvgIpc) is 3.33. The third kappa shape index (κ3) is 5.35. The molecule has 0 unspecified atom stereocenters. The first-order valence-corrected chi connectivity index (χ1v) is 12.5. The number of fused-ring (bicyclic) bond motifs is 1. The smallest absolute Gasteiger partial charge is 0.296 e. The highest BCUT2D eigenvalue weighted by Gasteiger charge is 2.28. The monoisotopic (exact) mass is 515 g/mol. The molecule has 0 radical (unpaired) electrons. The number of anilines is 2. The maximum absolute atomic E-state index is 14.1. The van der Waals surface area contributed by atoms with Gasteiger partial charge >= 0.3 is 0 Å². The lowest BCUT2D eigenvalue weighted by atomic mass is 10.1. The van der Waals surface area contributed by atoms with Gasteiger partial charge in [0.1, 0.15) is 17.7 Å². The number of piperidine rings is 1. The fourth-order valence-electron chi connectivity index (χ4n) is 4.83. The summed E-state index contributed by atoms with van der Waals surface area (Å²) in [6.45, 7) is 5.25. The third-order valence-corrected chi connectivity index (χ3v) is 6.85. The van der Waals surface area contributed by atoms with Gasteiger partial charge in [0.05, 0.1) is 30.4 Å². The van der Waals surface area contributed by atoms with E-state index < -0.39 is 18.3 Å². The first-order chi connectivity index (χ1) is 17.9. The van der Waals surface area contributed by atoms with E-state index >= 15 is 0 Å². The maximum atomic E-state index is 14.1. The van der Waals surface area contributed by atoms with E-state index in [4.69, 9.17) is 9.47 Å². The highest BCUT2D eigenvalue weighted by atomic mass is 19.3. The number of halogens is 2. The molecule has 2 fully saturated rings. The van der Waals surface area contributed by atoms with Crippen LogP contribution in [0.4, 0.5) is 20.5 Å². The maximum Gasteiger partial charge on any atom is 0.296 e. The van der Waals surface area contributed by atoms with Crippen LogP contribution in [0.1, 0.15) is 32.0 Å². The second-order valence-corrected chi connectivity index (χ2v) is 9.23. The number of rotatable bonds is 7. The highest BCUT2D eigenvalue weighted by molar-refractivity contribution is 5.84. The zero-order chi connectivity index (χ0) is 25.9. The zero-order valence-electron chi connectivity index (χ0n) is 20.9. The average molecular weight is 516 g/mol. The van der Waals surface area contributed by atoms with Gasteiger partial charge in [-0.1, -0.05) is 12.1 Å². The van der Waals surface area contributed by atoms with Gasteiger partial charge in [-0.2, -0.15) is 9.97 Å². The molecule has 10 nitrogen and oxygen atoms in total. The van der Waals surface area contributed by atoms with Crippen LogP contribution >= 0.6 is 0 Å². The van der Waals surface area contributed by atoms with Crippen LogP contribution in [-0.2, 0) is 14.3 Å². The molecule has 0 bridgehead atoms. The Kier molecular flexibility index (Phi) is 7.47. The molecule has 2 saturated heterocycles. The van der Waals surface area contributed by atoms with E-state index in [0.717, 1.165) is 12.8 Å². The molecule has 3 aromatic rings. The van der Waals surface area contributed by atoms with E-state index in [1.807, 2.05) is 4.90 Å². The Morgan fingerprint density at radius 2 is 1.78 bits per heavy atom. The molecule has 1 amide bonds. The molecular weight excluding hydrogens is 484 g/mol. The van der Waals surface area contributed by atoms with Crippen molar-refractivity contribution < 1.29 is 23.0 Å². The minimum atomic E-state index is -2.80. The van der Waals surface area contributed by atoms with Gasteiger partial charge in [0, 0.05) is 39.4 Å². The number of nitrogens with zero attached hydrogens (tertiary/aromatic N) is 6. The van der Waals surface area contributed by atoms with Crippen LogP contribution in [0.15, 0.2) is 30.3 Å². The Balaban J connectivity index is 1.49. The number of hydrogen-bond donors (Lipinski definition) is 1. The quantitative estimate of drug-likeness (QED) is 0.513. The van der Waals surface area contributed by atoms with Gasteiger partial charge in [0.15, 0.2) is 5.82 Å². The summed E-state index contributed by atoms with van der Waals surface area (Å²) < 4.78 is 40.3. The summed E-state index contributed by atoms with van der Waals surface area (Å²) in [4.78, 5) is 30.3. The van der Waals surface area contributed by atoms with Crippen LogP contribution in [-0.4, -0.2) is 89.0 Å². The van der Waals surface area contributed by atoms with Crippen molar-refractivity contribution in [3.8, 4) is 5.82 Å². The molecule has 0 saturated carbocycles. The molecule has 2 aliphatic rings. The summed E-state index contributed by atoms with van der Waals surface area (Å²) in [7, 11) is 1.69. The number of methoxy groups -OCH3 is 1. The Labute approximate surface area is 213 Å². The molecule has 0 aliphatic carbocycles. The lowest BCUT2D eigenvalue weighted by Crippen LogP contribution is -2.46. The van der Waals surface area contributed by atoms with Crippen molar-refractivity contribution in [2.24, 2.45) is 0 Å². The molecule has 1 aromatic carbocycles. The van der Waals surface area contributed by atoms with Crippen molar-refractivity contribution in [3.05, 3.63) is 36.2 Å². The van der Waals surface area contributed by atoms with Crippen molar-refractivity contribution >= 4 is 28.7 Å². The largest absolute Gasteiger partial charge is 0.381 e. The topological polar surface area (TPSA) is 97.6 Å². The molecule has 0 spiro atoms. The molecular formula is C25H31F2N7O3. The number of amides is 1.